The largest absolute Gasteiger partial charge is 0.0837 e. The molecule has 25 heavy (non-hydrogen) atoms. The van der Waals surface area contributed by atoms with E-state index in [1.54, 1.807) is 10.8 Å². The molecule has 0 amide bonds. The van der Waals surface area contributed by atoms with Gasteiger partial charge in [0.2, 0.25) is 0 Å². The maximum Gasteiger partial charge on any atom is 0.0790 e. The Kier molecular flexibility index (Phi) is 3.72. The van der Waals surface area contributed by atoms with Gasteiger partial charge in [0.1, 0.15) is 0 Å². The first-order valence-electron chi connectivity index (χ1n) is 9.26. The lowest BCUT2D eigenvalue weighted by Crippen LogP contribution is -2.37. The number of benzene rings is 2. The van der Waals surface area contributed by atoms with Gasteiger partial charge in [0.25, 0.3) is 0 Å². The SMILES string of the molecule is CC(C)C1=C([Si](C)(C)C)C(=S)C2(C1)c1ccccc1-c1ccccc12. The molecule has 0 saturated heterocycles. The van der Waals surface area contributed by atoms with E-state index in [1.165, 1.54) is 27.1 Å². The van der Waals surface area contributed by atoms with Crippen LogP contribution in [0.2, 0.25) is 19.6 Å². The molecular formula is C23H26SSi. The minimum absolute atomic E-state index is 0.113. The number of hydrogen-bond donors (Lipinski definition) is 0. The smallest absolute Gasteiger partial charge is 0.0790 e. The van der Waals surface area contributed by atoms with E-state index in [0.29, 0.717) is 5.92 Å². The Morgan fingerprint density at radius 3 is 1.76 bits per heavy atom. The molecule has 0 aliphatic heterocycles. The summed E-state index contributed by atoms with van der Waals surface area (Å²) in [7, 11) is -1.51. The van der Waals surface area contributed by atoms with Gasteiger partial charge in [-0.15, -0.1) is 0 Å². The van der Waals surface area contributed by atoms with Crippen molar-refractivity contribution in [3.8, 4) is 11.1 Å². The maximum absolute atomic E-state index is 6.29. The van der Waals surface area contributed by atoms with E-state index >= 15 is 0 Å². The van der Waals surface area contributed by atoms with E-state index in [1.807, 2.05) is 0 Å². The quantitative estimate of drug-likeness (QED) is 0.431. The Balaban J connectivity index is 2.03. The van der Waals surface area contributed by atoms with Crippen molar-refractivity contribution in [2.75, 3.05) is 0 Å². The summed E-state index contributed by atoms with van der Waals surface area (Å²) in [5.74, 6) is 0.555. The zero-order valence-corrected chi connectivity index (χ0v) is 17.6. The second-order valence-corrected chi connectivity index (χ2v) is 14.2. The van der Waals surface area contributed by atoms with Crippen molar-refractivity contribution in [3.63, 3.8) is 0 Å². The van der Waals surface area contributed by atoms with Gasteiger partial charge in [-0.1, -0.05) is 99.8 Å². The molecular weight excluding hydrogens is 336 g/mol. The van der Waals surface area contributed by atoms with Gasteiger partial charge in [0.15, 0.2) is 0 Å². The van der Waals surface area contributed by atoms with Gasteiger partial charge >= 0.3 is 0 Å². The van der Waals surface area contributed by atoms with Crippen LogP contribution in [0.1, 0.15) is 31.4 Å². The second-order valence-electron chi connectivity index (χ2n) is 8.81. The van der Waals surface area contributed by atoms with Crippen molar-refractivity contribution >= 4 is 25.2 Å². The zero-order chi connectivity index (χ0) is 18.0. The molecule has 0 saturated carbocycles. The summed E-state index contributed by atoms with van der Waals surface area (Å²) in [6.07, 6.45) is 1.07. The fourth-order valence-electron chi connectivity index (χ4n) is 4.89. The summed E-state index contributed by atoms with van der Waals surface area (Å²) in [5.41, 5.74) is 7.09. The van der Waals surface area contributed by atoms with Crippen LogP contribution in [0, 0.1) is 5.92 Å². The van der Waals surface area contributed by atoms with E-state index in [9.17, 15) is 0 Å². The number of allylic oxidation sites excluding steroid dienone is 2. The summed E-state index contributed by atoms with van der Waals surface area (Å²) in [5, 5.41) is 1.56. The van der Waals surface area contributed by atoms with Crippen LogP contribution in [-0.2, 0) is 5.41 Å². The first kappa shape index (κ1) is 16.9. The molecule has 2 aromatic rings. The predicted octanol–water partition coefficient (Wildman–Crippen LogP) is 6.56. The van der Waals surface area contributed by atoms with Crippen molar-refractivity contribution in [2.24, 2.45) is 5.92 Å². The Bertz CT molecular complexity index is 866. The highest BCUT2D eigenvalue weighted by Crippen LogP contribution is 2.58. The van der Waals surface area contributed by atoms with Gasteiger partial charge in [-0.2, -0.15) is 0 Å². The highest BCUT2D eigenvalue weighted by atomic mass is 32.1. The van der Waals surface area contributed by atoms with Crippen LogP contribution in [0.15, 0.2) is 59.3 Å². The monoisotopic (exact) mass is 362 g/mol. The van der Waals surface area contributed by atoms with Gasteiger partial charge in [0, 0.05) is 4.86 Å². The van der Waals surface area contributed by atoms with Crippen molar-refractivity contribution in [1.82, 2.24) is 0 Å². The van der Waals surface area contributed by atoms with Crippen LogP contribution in [0.5, 0.6) is 0 Å². The molecule has 0 atom stereocenters. The maximum atomic E-state index is 6.29. The van der Waals surface area contributed by atoms with Crippen molar-refractivity contribution in [3.05, 3.63) is 70.4 Å². The third-order valence-electron chi connectivity index (χ3n) is 5.90. The van der Waals surface area contributed by atoms with Crippen LogP contribution in [-0.4, -0.2) is 12.9 Å². The summed E-state index contributed by atoms with van der Waals surface area (Å²) in [4.78, 5) is 1.22. The summed E-state index contributed by atoms with van der Waals surface area (Å²) >= 11 is 6.29. The average molecular weight is 363 g/mol. The summed E-state index contributed by atoms with van der Waals surface area (Å²) < 4.78 is 0. The molecule has 0 unspecified atom stereocenters. The predicted molar refractivity (Wildman–Crippen MR) is 115 cm³/mol. The third kappa shape index (κ3) is 2.20. The van der Waals surface area contributed by atoms with Crippen LogP contribution in [0.4, 0.5) is 0 Å². The molecule has 0 radical (unpaired) electrons. The molecule has 0 aromatic heterocycles. The first-order chi connectivity index (χ1) is 11.8. The molecule has 1 spiro atoms. The van der Waals surface area contributed by atoms with E-state index in [2.05, 4.69) is 82.0 Å². The van der Waals surface area contributed by atoms with Gasteiger partial charge in [0.05, 0.1) is 13.5 Å². The Hall–Kier alpha value is -1.51. The lowest BCUT2D eigenvalue weighted by Gasteiger charge is -2.30. The number of fused-ring (bicyclic) bond motifs is 5. The molecule has 0 heterocycles. The lowest BCUT2D eigenvalue weighted by molar-refractivity contribution is 0.647. The molecule has 2 aliphatic rings. The topological polar surface area (TPSA) is 0 Å². The molecule has 2 aromatic carbocycles. The Morgan fingerprint density at radius 2 is 1.36 bits per heavy atom. The van der Waals surface area contributed by atoms with Crippen LogP contribution in [0.3, 0.4) is 0 Å². The average Bonchev–Trinajstić information content (AvgIpc) is 3.03. The van der Waals surface area contributed by atoms with Crippen LogP contribution < -0.4 is 0 Å². The molecule has 0 fully saturated rings. The Morgan fingerprint density at radius 1 is 0.880 bits per heavy atom. The molecule has 0 nitrogen and oxygen atoms in total. The highest BCUT2D eigenvalue weighted by Gasteiger charge is 2.53. The number of rotatable bonds is 2. The minimum atomic E-state index is -1.51. The van der Waals surface area contributed by atoms with Gasteiger partial charge in [-0.05, 0) is 39.8 Å². The summed E-state index contributed by atoms with van der Waals surface area (Å²) in [6.45, 7) is 12.0. The van der Waals surface area contributed by atoms with Crippen molar-refractivity contribution < 1.29 is 0 Å². The molecule has 2 aliphatic carbocycles. The molecule has 0 bridgehead atoms. The van der Waals surface area contributed by atoms with Gasteiger partial charge in [-0.3, -0.25) is 0 Å². The third-order valence-corrected chi connectivity index (χ3v) is 8.71. The fourth-order valence-corrected chi connectivity index (χ4v) is 8.47. The van der Waals surface area contributed by atoms with Gasteiger partial charge < -0.3 is 0 Å². The standard InChI is InChI=1S/C23H26SSi/c1-15(2)18-14-23(22(24)21(18)25(3,4)5)19-12-8-6-10-16(19)17-11-7-9-13-20(17)23/h6-13,15H,14H2,1-5H3. The van der Waals surface area contributed by atoms with E-state index < -0.39 is 8.07 Å². The molecule has 128 valence electrons. The highest BCUT2D eigenvalue weighted by molar-refractivity contribution is 7.81. The lowest BCUT2D eigenvalue weighted by atomic mass is 9.74. The minimum Gasteiger partial charge on any atom is -0.0837 e. The molecule has 0 N–H and O–H groups in total. The van der Waals surface area contributed by atoms with Crippen molar-refractivity contribution in [2.45, 2.75) is 45.3 Å². The van der Waals surface area contributed by atoms with E-state index in [4.69, 9.17) is 12.2 Å². The van der Waals surface area contributed by atoms with Gasteiger partial charge in [-0.25, -0.2) is 0 Å². The van der Waals surface area contributed by atoms with Crippen LogP contribution >= 0.6 is 12.2 Å². The zero-order valence-electron chi connectivity index (χ0n) is 15.8. The number of hydrogen-bond acceptors (Lipinski definition) is 1. The van der Waals surface area contributed by atoms with Crippen LogP contribution in [0.25, 0.3) is 11.1 Å². The van der Waals surface area contributed by atoms with E-state index in [0.717, 1.165) is 6.42 Å². The summed E-state index contributed by atoms with van der Waals surface area (Å²) in [6, 6.07) is 17.8. The van der Waals surface area contributed by atoms with E-state index in [-0.39, 0.29) is 5.41 Å². The first-order valence-corrected chi connectivity index (χ1v) is 13.2. The second kappa shape index (κ2) is 5.49. The molecule has 2 heteroatoms. The van der Waals surface area contributed by atoms with Crippen molar-refractivity contribution in [1.29, 1.82) is 0 Å². The normalized spacial score (nSPS) is 18.2. The number of thiocarbonyl (C=S) groups is 1. The molecule has 4 rings (SSSR count). The fraction of sp³-hybridized carbons (Fsp3) is 0.348. The Labute approximate surface area is 158 Å².